The minimum Gasteiger partial charge on any atom is -0.497 e. The summed E-state index contributed by atoms with van der Waals surface area (Å²) < 4.78 is 5.15. The van der Waals surface area contributed by atoms with Crippen LogP contribution in [0.15, 0.2) is 18.2 Å². The topological polar surface area (TPSA) is 46.5 Å². The Hall–Kier alpha value is -1.22. The van der Waals surface area contributed by atoms with E-state index in [9.17, 15) is 4.79 Å². The molecule has 0 spiro atoms. The second-order valence-electron chi connectivity index (χ2n) is 5.04. The Balaban J connectivity index is 2.36. The van der Waals surface area contributed by atoms with Crippen LogP contribution in [0.1, 0.15) is 25.3 Å². The van der Waals surface area contributed by atoms with Gasteiger partial charge < -0.3 is 9.84 Å². The lowest BCUT2D eigenvalue weighted by Gasteiger charge is -2.06. The normalized spacial score (nSPS) is 25.4. The molecular weight excluding hydrogens is 240 g/mol. The first-order chi connectivity index (χ1) is 7.87. The molecule has 0 amide bonds. The molecule has 0 aliphatic heterocycles. The minimum absolute atomic E-state index is 0.00704. The summed E-state index contributed by atoms with van der Waals surface area (Å²) in [6.07, 6.45) is 0. The number of hydrogen-bond acceptors (Lipinski definition) is 2. The lowest BCUT2D eigenvalue weighted by molar-refractivity contribution is -0.139. The standard InChI is InChI=1S/C13H15ClO3/c1-13(2)10(11(13)12(15)16)7-4-8(14)6-9(5-7)17-3/h4-6,10-11H,1-3H3,(H,15,16)/t10-,11+/m1/s1. The van der Waals surface area contributed by atoms with Crippen LogP contribution in [0, 0.1) is 11.3 Å². The maximum Gasteiger partial charge on any atom is 0.307 e. The van der Waals surface area contributed by atoms with Crippen molar-refractivity contribution in [1.29, 1.82) is 0 Å². The van der Waals surface area contributed by atoms with Crippen molar-refractivity contribution in [2.45, 2.75) is 19.8 Å². The second-order valence-corrected chi connectivity index (χ2v) is 5.48. The van der Waals surface area contributed by atoms with Gasteiger partial charge in [-0.25, -0.2) is 0 Å². The zero-order valence-electron chi connectivity index (χ0n) is 10.0. The molecule has 1 aliphatic carbocycles. The zero-order chi connectivity index (χ0) is 12.8. The average molecular weight is 255 g/mol. The van der Waals surface area contributed by atoms with Crippen LogP contribution in [0.4, 0.5) is 0 Å². The number of methoxy groups -OCH3 is 1. The van der Waals surface area contributed by atoms with Crippen LogP contribution in [-0.4, -0.2) is 18.2 Å². The molecule has 4 heteroatoms. The highest BCUT2D eigenvalue weighted by Crippen LogP contribution is 2.64. The van der Waals surface area contributed by atoms with Gasteiger partial charge in [0.1, 0.15) is 5.75 Å². The van der Waals surface area contributed by atoms with E-state index in [1.807, 2.05) is 26.0 Å². The fraction of sp³-hybridized carbons (Fsp3) is 0.462. The molecular formula is C13H15ClO3. The first-order valence-electron chi connectivity index (χ1n) is 5.45. The number of carboxylic acids is 1. The Labute approximate surface area is 105 Å². The van der Waals surface area contributed by atoms with E-state index in [-0.39, 0.29) is 17.3 Å². The molecule has 1 aromatic rings. The first-order valence-corrected chi connectivity index (χ1v) is 5.83. The van der Waals surface area contributed by atoms with Crippen LogP contribution in [0.25, 0.3) is 0 Å². The summed E-state index contributed by atoms with van der Waals surface area (Å²) in [6, 6.07) is 5.40. The van der Waals surface area contributed by atoms with Gasteiger partial charge in [0.15, 0.2) is 0 Å². The smallest absolute Gasteiger partial charge is 0.307 e. The number of carbonyl (C=O) groups is 1. The average Bonchev–Trinajstić information content (AvgIpc) is 2.80. The number of aliphatic carboxylic acids is 1. The van der Waals surface area contributed by atoms with Gasteiger partial charge in [-0.2, -0.15) is 0 Å². The fourth-order valence-corrected chi connectivity index (χ4v) is 2.84. The van der Waals surface area contributed by atoms with Crippen molar-refractivity contribution in [3.05, 3.63) is 28.8 Å². The van der Waals surface area contributed by atoms with E-state index in [1.165, 1.54) is 0 Å². The summed E-state index contributed by atoms with van der Waals surface area (Å²) >= 11 is 5.99. The molecule has 1 aliphatic rings. The van der Waals surface area contributed by atoms with E-state index < -0.39 is 5.97 Å². The van der Waals surface area contributed by atoms with Gasteiger partial charge in [0.25, 0.3) is 0 Å². The highest BCUT2D eigenvalue weighted by Gasteiger charge is 2.62. The number of hydrogen-bond donors (Lipinski definition) is 1. The molecule has 0 radical (unpaired) electrons. The molecule has 0 aromatic heterocycles. The van der Waals surface area contributed by atoms with Gasteiger partial charge in [0.05, 0.1) is 13.0 Å². The molecule has 1 N–H and O–H groups in total. The largest absolute Gasteiger partial charge is 0.497 e. The number of rotatable bonds is 3. The van der Waals surface area contributed by atoms with Crippen molar-refractivity contribution >= 4 is 17.6 Å². The summed E-state index contributed by atoms with van der Waals surface area (Å²) in [4.78, 5) is 11.1. The number of benzene rings is 1. The lowest BCUT2D eigenvalue weighted by Crippen LogP contribution is -2.03. The van der Waals surface area contributed by atoms with Crippen LogP contribution in [0.5, 0.6) is 5.75 Å². The van der Waals surface area contributed by atoms with Crippen LogP contribution in [-0.2, 0) is 4.79 Å². The van der Waals surface area contributed by atoms with E-state index in [0.717, 1.165) is 5.56 Å². The minimum atomic E-state index is -0.751. The third-order valence-electron chi connectivity index (χ3n) is 3.58. The number of carboxylic acid groups (broad SMARTS) is 1. The molecule has 17 heavy (non-hydrogen) atoms. The van der Waals surface area contributed by atoms with Gasteiger partial charge in [0.2, 0.25) is 0 Å². The Morgan fingerprint density at radius 3 is 2.53 bits per heavy atom. The van der Waals surface area contributed by atoms with Gasteiger partial charge in [-0.15, -0.1) is 0 Å². The van der Waals surface area contributed by atoms with Crippen molar-refractivity contribution < 1.29 is 14.6 Å². The van der Waals surface area contributed by atoms with Crippen molar-refractivity contribution in [2.75, 3.05) is 7.11 Å². The summed E-state index contributed by atoms with van der Waals surface area (Å²) in [5, 5.41) is 9.73. The molecule has 92 valence electrons. The van der Waals surface area contributed by atoms with E-state index in [0.29, 0.717) is 10.8 Å². The van der Waals surface area contributed by atoms with E-state index in [2.05, 4.69) is 0 Å². The van der Waals surface area contributed by atoms with E-state index in [4.69, 9.17) is 21.4 Å². The van der Waals surface area contributed by atoms with Crippen LogP contribution in [0.2, 0.25) is 5.02 Å². The van der Waals surface area contributed by atoms with Crippen molar-refractivity contribution in [3.63, 3.8) is 0 Å². The number of halogens is 1. The molecule has 0 bridgehead atoms. The maximum atomic E-state index is 11.1. The number of ether oxygens (including phenoxy) is 1. The van der Waals surface area contributed by atoms with Crippen molar-refractivity contribution in [2.24, 2.45) is 11.3 Å². The predicted molar refractivity (Wildman–Crippen MR) is 65.7 cm³/mol. The molecule has 0 heterocycles. The second kappa shape index (κ2) is 3.91. The molecule has 2 rings (SSSR count). The van der Waals surface area contributed by atoms with Gasteiger partial charge in [0, 0.05) is 10.9 Å². The Morgan fingerprint density at radius 1 is 1.41 bits per heavy atom. The van der Waals surface area contributed by atoms with Crippen LogP contribution >= 0.6 is 11.6 Å². The van der Waals surface area contributed by atoms with Crippen LogP contribution < -0.4 is 4.74 Å². The van der Waals surface area contributed by atoms with Gasteiger partial charge in [-0.05, 0) is 29.2 Å². The maximum absolute atomic E-state index is 11.1. The molecule has 1 fully saturated rings. The van der Waals surface area contributed by atoms with E-state index >= 15 is 0 Å². The summed E-state index contributed by atoms with van der Waals surface area (Å²) in [7, 11) is 1.57. The lowest BCUT2D eigenvalue weighted by atomic mass is 10.0. The summed E-state index contributed by atoms with van der Waals surface area (Å²) in [6.45, 7) is 3.92. The van der Waals surface area contributed by atoms with Crippen molar-refractivity contribution in [1.82, 2.24) is 0 Å². The summed E-state index contributed by atoms with van der Waals surface area (Å²) in [5.41, 5.74) is 0.716. The quantitative estimate of drug-likeness (QED) is 0.901. The molecule has 1 aromatic carbocycles. The Morgan fingerprint density at radius 2 is 2.06 bits per heavy atom. The summed E-state index contributed by atoms with van der Waals surface area (Å²) in [5.74, 6) is -0.420. The first kappa shape index (κ1) is 12.2. The predicted octanol–water partition coefficient (Wildman–Crippen LogP) is 3.17. The molecule has 0 saturated heterocycles. The zero-order valence-corrected chi connectivity index (χ0v) is 10.8. The highest BCUT2D eigenvalue weighted by molar-refractivity contribution is 6.30. The molecule has 1 saturated carbocycles. The van der Waals surface area contributed by atoms with Gasteiger partial charge in [-0.1, -0.05) is 25.4 Å². The molecule has 0 unspecified atom stereocenters. The van der Waals surface area contributed by atoms with E-state index in [1.54, 1.807) is 13.2 Å². The van der Waals surface area contributed by atoms with Crippen molar-refractivity contribution in [3.8, 4) is 5.75 Å². The highest BCUT2D eigenvalue weighted by atomic mass is 35.5. The third kappa shape index (κ3) is 2.00. The Kier molecular flexibility index (Phi) is 2.82. The van der Waals surface area contributed by atoms with Gasteiger partial charge in [-0.3, -0.25) is 4.79 Å². The third-order valence-corrected chi connectivity index (χ3v) is 3.80. The SMILES string of the molecule is COc1cc(Cl)cc([C@@H]2[C@@H](C(=O)O)C2(C)C)c1. The molecule has 2 atom stereocenters. The van der Waals surface area contributed by atoms with Gasteiger partial charge >= 0.3 is 5.97 Å². The monoisotopic (exact) mass is 254 g/mol. The molecule has 3 nitrogen and oxygen atoms in total. The van der Waals surface area contributed by atoms with Crippen LogP contribution in [0.3, 0.4) is 0 Å². The fourth-order valence-electron chi connectivity index (χ4n) is 2.60. The Bertz CT molecular complexity index is 468.